The third-order valence-electron chi connectivity index (χ3n) is 4.82. The normalized spacial score (nSPS) is 14.7. The average molecular weight is 383 g/mol. The zero-order valence-electron chi connectivity index (χ0n) is 16.4. The topological polar surface area (TPSA) is 65.0 Å². The van der Waals surface area contributed by atoms with Crippen LogP contribution in [0.25, 0.3) is 0 Å². The number of carbonyl (C=O) groups is 1. The van der Waals surface area contributed by atoms with Crippen LogP contribution in [-0.2, 0) is 11.3 Å². The number of nitrogens with one attached hydrogen (secondary N) is 1. The van der Waals surface area contributed by atoms with Gasteiger partial charge in [0.15, 0.2) is 0 Å². The van der Waals surface area contributed by atoms with E-state index in [1.165, 1.54) is 0 Å². The number of nitrogens with zero attached hydrogens (tertiary/aromatic N) is 2. The quantitative estimate of drug-likeness (QED) is 0.734. The number of hydrogen-bond acceptors (Lipinski definition) is 5. The first-order valence-electron chi connectivity index (χ1n) is 9.89. The molecule has 0 bridgehead atoms. The Morgan fingerprint density at radius 1 is 1.11 bits per heavy atom. The largest absolute Gasteiger partial charge is 0.508 e. The van der Waals surface area contributed by atoms with E-state index >= 15 is 0 Å². The minimum atomic E-state index is 0.0398. The van der Waals surface area contributed by atoms with Crippen molar-refractivity contribution in [1.82, 2.24) is 10.2 Å². The van der Waals surface area contributed by atoms with Gasteiger partial charge >= 0.3 is 0 Å². The molecule has 0 atom stereocenters. The summed E-state index contributed by atoms with van der Waals surface area (Å²) in [5.41, 5.74) is 2.14. The first-order valence-corrected chi connectivity index (χ1v) is 9.89. The van der Waals surface area contributed by atoms with Crippen molar-refractivity contribution in [2.45, 2.75) is 19.9 Å². The number of phenols is 1. The van der Waals surface area contributed by atoms with Gasteiger partial charge in [-0.1, -0.05) is 19.1 Å². The monoisotopic (exact) mass is 383 g/mol. The molecule has 2 N–H and O–H groups in total. The Kier molecular flexibility index (Phi) is 7.14. The van der Waals surface area contributed by atoms with Crippen molar-refractivity contribution >= 4 is 11.6 Å². The summed E-state index contributed by atoms with van der Waals surface area (Å²) in [6, 6.07) is 15.1. The number of anilines is 1. The molecule has 2 aromatic carbocycles. The molecule has 0 unspecified atom stereocenters. The van der Waals surface area contributed by atoms with Gasteiger partial charge in [-0.2, -0.15) is 0 Å². The van der Waals surface area contributed by atoms with E-state index in [2.05, 4.69) is 22.0 Å². The van der Waals surface area contributed by atoms with E-state index in [1.807, 2.05) is 36.4 Å². The van der Waals surface area contributed by atoms with Crippen LogP contribution < -0.4 is 15.0 Å². The lowest BCUT2D eigenvalue weighted by Crippen LogP contribution is -2.49. The molecule has 1 saturated heterocycles. The molecular weight excluding hydrogens is 354 g/mol. The number of ether oxygens (including phenoxy) is 1. The van der Waals surface area contributed by atoms with Gasteiger partial charge in [0.2, 0.25) is 5.91 Å². The molecular formula is C22H29N3O3. The molecule has 2 aromatic rings. The minimum Gasteiger partial charge on any atom is -0.508 e. The fourth-order valence-electron chi connectivity index (χ4n) is 3.25. The van der Waals surface area contributed by atoms with Gasteiger partial charge in [0, 0.05) is 38.4 Å². The summed E-state index contributed by atoms with van der Waals surface area (Å²) in [5.74, 6) is 1.17. The SMILES string of the molecule is CCCOc1cccc(CNC(=O)CN2CCN(c3ccc(O)cc3)CC2)c1. The van der Waals surface area contributed by atoms with Gasteiger partial charge in [-0.25, -0.2) is 0 Å². The second-order valence-corrected chi connectivity index (χ2v) is 7.05. The van der Waals surface area contributed by atoms with E-state index in [0.717, 1.165) is 49.6 Å². The Morgan fingerprint density at radius 2 is 1.86 bits per heavy atom. The molecule has 0 saturated carbocycles. The summed E-state index contributed by atoms with van der Waals surface area (Å²) in [7, 11) is 0. The number of aromatic hydroxyl groups is 1. The predicted molar refractivity (Wildman–Crippen MR) is 111 cm³/mol. The first kappa shape index (κ1) is 20.0. The molecule has 6 nitrogen and oxygen atoms in total. The zero-order valence-corrected chi connectivity index (χ0v) is 16.4. The highest BCUT2D eigenvalue weighted by Crippen LogP contribution is 2.19. The number of phenolic OH excluding ortho intramolecular Hbond substituents is 1. The highest BCUT2D eigenvalue weighted by molar-refractivity contribution is 5.78. The smallest absolute Gasteiger partial charge is 0.234 e. The van der Waals surface area contributed by atoms with E-state index in [0.29, 0.717) is 19.7 Å². The van der Waals surface area contributed by atoms with E-state index in [1.54, 1.807) is 12.1 Å². The van der Waals surface area contributed by atoms with Crippen LogP contribution in [0.4, 0.5) is 5.69 Å². The summed E-state index contributed by atoms with van der Waals surface area (Å²) in [5, 5.41) is 12.4. The van der Waals surface area contributed by atoms with Crippen molar-refractivity contribution in [2.75, 3.05) is 44.2 Å². The van der Waals surface area contributed by atoms with Crippen LogP contribution in [0.1, 0.15) is 18.9 Å². The summed E-state index contributed by atoms with van der Waals surface area (Å²) in [4.78, 5) is 16.8. The average Bonchev–Trinajstić information content (AvgIpc) is 2.72. The number of piperazine rings is 1. The van der Waals surface area contributed by atoms with Crippen molar-refractivity contribution < 1.29 is 14.6 Å². The molecule has 0 aliphatic carbocycles. The molecule has 0 spiro atoms. The van der Waals surface area contributed by atoms with Crippen LogP contribution in [0.15, 0.2) is 48.5 Å². The molecule has 1 fully saturated rings. The maximum Gasteiger partial charge on any atom is 0.234 e. The third kappa shape index (κ3) is 5.89. The molecule has 28 heavy (non-hydrogen) atoms. The van der Waals surface area contributed by atoms with Crippen LogP contribution in [0, 0.1) is 0 Å². The van der Waals surface area contributed by atoms with E-state index in [9.17, 15) is 9.90 Å². The summed E-state index contributed by atoms with van der Waals surface area (Å²) >= 11 is 0. The molecule has 6 heteroatoms. The summed E-state index contributed by atoms with van der Waals surface area (Å²) in [6.07, 6.45) is 0.973. The Balaban J connectivity index is 1.40. The number of benzene rings is 2. The van der Waals surface area contributed by atoms with Gasteiger partial charge in [0.25, 0.3) is 0 Å². The molecule has 1 amide bonds. The number of carbonyl (C=O) groups excluding carboxylic acids is 1. The highest BCUT2D eigenvalue weighted by Gasteiger charge is 2.19. The van der Waals surface area contributed by atoms with Crippen LogP contribution >= 0.6 is 0 Å². The van der Waals surface area contributed by atoms with Crippen molar-refractivity contribution in [2.24, 2.45) is 0 Å². The van der Waals surface area contributed by atoms with Gasteiger partial charge < -0.3 is 20.1 Å². The van der Waals surface area contributed by atoms with Gasteiger partial charge in [-0.05, 0) is 48.4 Å². The Hall–Kier alpha value is -2.73. The highest BCUT2D eigenvalue weighted by atomic mass is 16.5. The second-order valence-electron chi connectivity index (χ2n) is 7.05. The van der Waals surface area contributed by atoms with Gasteiger partial charge in [0.1, 0.15) is 11.5 Å². The molecule has 0 radical (unpaired) electrons. The summed E-state index contributed by atoms with van der Waals surface area (Å²) in [6.45, 7) is 7.12. The van der Waals surface area contributed by atoms with Crippen LogP contribution in [0.3, 0.4) is 0 Å². The number of amides is 1. The second kappa shape index (κ2) is 9.99. The Morgan fingerprint density at radius 3 is 2.57 bits per heavy atom. The maximum atomic E-state index is 12.3. The maximum absolute atomic E-state index is 12.3. The lowest BCUT2D eigenvalue weighted by molar-refractivity contribution is -0.122. The minimum absolute atomic E-state index is 0.0398. The lowest BCUT2D eigenvalue weighted by Gasteiger charge is -2.35. The number of rotatable bonds is 8. The molecule has 3 rings (SSSR count). The van der Waals surface area contributed by atoms with Gasteiger partial charge in [0.05, 0.1) is 13.2 Å². The van der Waals surface area contributed by atoms with Crippen molar-refractivity contribution in [3.63, 3.8) is 0 Å². The number of hydrogen-bond donors (Lipinski definition) is 2. The predicted octanol–water partition coefficient (Wildman–Crippen LogP) is 2.62. The fourth-order valence-corrected chi connectivity index (χ4v) is 3.25. The molecule has 1 aliphatic heterocycles. The first-order chi connectivity index (χ1) is 13.6. The molecule has 150 valence electrons. The zero-order chi connectivity index (χ0) is 19.8. The summed E-state index contributed by atoms with van der Waals surface area (Å²) < 4.78 is 5.64. The Bertz CT molecular complexity index is 756. The van der Waals surface area contributed by atoms with Crippen LogP contribution in [0.2, 0.25) is 0 Å². The van der Waals surface area contributed by atoms with Crippen molar-refractivity contribution in [1.29, 1.82) is 0 Å². The molecule has 1 aliphatic rings. The van der Waals surface area contributed by atoms with Gasteiger partial charge in [-0.3, -0.25) is 9.69 Å². The molecule has 0 aromatic heterocycles. The van der Waals surface area contributed by atoms with Gasteiger partial charge in [-0.15, -0.1) is 0 Å². The van der Waals surface area contributed by atoms with Crippen molar-refractivity contribution in [3.05, 3.63) is 54.1 Å². The Labute approximate surface area is 166 Å². The van der Waals surface area contributed by atoms with E-state index < -0.39 is 0 Å². The van der Waals surface area contributed by atoms with E-state index in [-0.39, 0.29) is 11.7 Å². The fraction of sp³-hybridized carbons (Fsp3) is 0.409. The molecule has 1 heterocycles. The standard InChI is InChI=1S/C22H29N3O3/c1-2-14-28-21-5-3-4-18(15-21)16-23-22(27)17-24-10-12-25(13-11-24)19-6-8-20(26)9-7-19/h3-9,15,26H,2,10-14,16-17H2,1H3,(H,23,27). The lowest BCUT2D eigenvalue weighted by atomic mass is 10.2. The third-order valence-corrected chi connectivity index (χ3v) is 4.82. The van der Waals surface area contributed by atoms with E-state index in [4.69, 9.17) is 4.74 Å². The van der Waals surface area contributed by atoms with Crippen molar-refractivity contribution in [3.8, 4) is 11.5 Å². The van der Waals surface area contributed by atoms with Crippen LogP contribution in [-0.4, -0.2) is 55.2 Å². The van der Waals surface area contributed by atoms with Crippen LogP contribution in [0.5, 0.6) is 11.5 Å².